The second kappa shape index (κ2) is 10.7. The van der Waals surface area contributed by atoms with E-state index in [0.29, 0.717) is 31.7 Å². The number of cyclic esters (lactones) is 1. The number of rotatable bonds is 6. The number of hydrogen-bond donors (Lipinski definition) is 1. The molecule has 33 heavy (non-hydrogen) atoms. The Kier molecular flexibility index (Phi) is 7.67. The molecular weight excluding hydrogens is 434 g/mol. The largest absolute Gasteiger partial charge is 0.449 e. The number of benzene rings is 1. The molecular formula is C24H32F2N2O5. The molecule has 2 atom stereocenters. The molecule has 0 radical (unpaired) electrons. The first-order valence-corrected chi connectivity index (χ1v) is 11.8. The number of ether oxygens (including phenoxy) is 3. The number of carbonyl (C=O) groups excluding carboxylic acids is 2. The van der Waals surface area contributed by atoms with Crippen molar-refractivity contribution in [1.82, 2.24) is 10.2 Å². The van der Waals surface area contributed by atoms with Gasteiger partial charge < -0.3 is 24.4 Å². The number of alkyl carbamates (subject to hydrolysis) is 1. The molecule has 2 aliphatic heterocycles. The Balaban J connectivity index is 1.40. The van der Waals surface area contributed by atoms with Crippen molar-refractivity contribution in [2.75, 3.05) is 26.4 Å². The zero-order valence-corrected chi connectivity index (χ0v) is 18.7. The van der Waals surface area contributed by atoms with Crippen molar-refractivity contribution < 1.29 is 32.6 Å². The van der Waals surface area contributed by atoms with Gasteiger partial charge in [-0.25, -0.2) is 18.4 Å². The number of alkyl halides is 2. The predicted molar refractivity (Wildman–Crippen MR) is 116 cm³/mol. The molecule has 2 saturated heterocycles. The predicted octanol–water partition coefficient (Wildman–Crippen LogP) is 4.46. The molecule has 7 nitrogen and oxygen atoms in total. The van der Waals surface area contributed by atoms with Gasteiger partial charge in [-0.1, -0.05) is 30.3 Å². The van der Waals surface area contributed by atoms with Gasteiger partial charge in [0.2, 0.25) is 0 Å². The Hall–Kier alpha value is -2.42. The molecule has 182 valence electrons. The summed E-state index contributed by atoms with van der Waals surface area (Å²) in [6, 6.07) is 9.96. The van der Waals surface area contributed by atoms with Crippen molar-refractivity contribution in [3.05, 3.63) is 35.9 Å². The van der Waals surface area contributed by atoms with Crippen LogP contribution in [-0.4, -0.2) is 67.6 Å². The lowest BCUT2D eigenvalue weighted by Crippen LogP contribution is -2.69. The molecule has 0 bridgehead atoms. The molecule has 2 heterocycles. The van der Waals surface area contributed by atoms with Gasteiger partial charge in [0.1, 0.15) is 0 Å². The number of piperidine rings is 1. The van der Waals surface area contributed by atoms with Crippen LogP contribution in [0.3, 0.4) is 0 Å². The van der Waals surface area contributed by atoms with Crippen LogP contribution in [0.15, 0.2) is 30.3 Å². The molecule has 1 aromatic carbocycles. The van der Waals surface area contributed by atoms with Crippen molar-refractivity contribution in [2.24, 2.45) is 0 Å². The fourth-order valence-electron chi connectivity index (χ4n) is 5.45. The smallest absolute Gasteiger partial charge is 0.410 e. The van der Waals surface area contributed by atoms with Crippen LogP contribution in [0.4, 0.5) is 18.4 Å². The number of hydrogen-bond acceptors (Lipinski definition) is 5. The van der Waals surface area contributed by atoms with E-state index in [1.807, 2.05) is 6.07 Å². The summed E-state index contributed by atoms with van der Waals surface area (Å²) >= 11 is 0. The number of carbonyl (C=O) groups is 2. The highest BCUT2D eigenvalue weighted by Crippen LogP contribution is 2.37. The molecule has 9 heteroatoms. The van der Waals surface area contributed by atoms with Crippen LogP contribution >= 0.6 is 0 Å². The van der Waals surface area contributed by atoms with Crippen LogP contribution in [0, 0.1) is 0 Å². The van der Waals surface area contributed by atoms with Gasteiger partial charge in [0.05, 0.1) is 30.9 Å². The van der Waals surface area contributed by atoms with Crippen molar-refractivity contribution in [3.63, 3.8) is 0 Å². The maximum Gasteiger partial charge on any atom is 0.410 e. The topological polar surface area (TPSA) is 77.1 Å². The van der Waals surface area contributed by atoms with E-state index in [1.165, 1.54) is 10.5 Å². The minimum atomic E-state index is -2.73. The van der Waals surface area contributed by atoms with E-state index in [-0.39, 0.29) is 19.3 Å². The molecule has 1 saturated carbocycles. The number of amides is 2. The highest BCUT2D eigenvalue weighted by molar-refractivity contribution is 5.71. The third kappa shape index (κ3) is 5.75. The summed E-state index contributed by atoms with van der Waals surface area (Å²) in [6.07, 6.45) is 1.67. The van der Waals surface area contributed by atoms with Crippen LogP contribution in [0.2, 0.25) is 0 Å². The van der Waals surface area contributed by atoms with Crippen molar-refractivity contribution in [2.45, 2.75) is 75.0 Å². The molecule has 1 aliphatic carbocycles. The maximum absolute atomic E-state index is 12.6. The quantitative estimate of drug-likeness (QED) is 0.670. The molecule has 4 rings (SSSR count). The monoisotopic (exact) mass is 466 g/mol. The molecule has 1 N–H and O–H groups in total. The van der Waals surface area contributed by atoms with Gasteiger partial charge in [-0.3, -0.25) is 0 Å². The van der Waals surface area contributed by atoms with E-state index in [9.17, 15) is 18.4 Å². The van der Waals surface area contributed by atoms with Gasteiger partial charge >= 0.3 is 12.2 Å². The van der Waals surface area contributed by atoms with Gasteiger partial charge in [0.15, 0.2) is 6.61 Å². The molecule has 2 amide bonds. The van der Waals surface area contributed by atoms with Gasteiger partial charge in [0.25, 0.3) is 6.43 Å². The van der Waals surface area contributed by atoms with Crippen molar-refractivity contribution >= 4 is 12.2 Å². The van der Waals surface area contributed by atoms with Gasteiger partial charge in [-0.15, -0.1) is 0 Å². The minimum absolute atomic E-state index is 0.0541. The summed E-state index contributed by atoms with van der Waals surface area (Å²) in [5.74, 6) is 0.516. The first-order chi connectivity index (χ1) is 16.0. The Morgan fingerprint density at radius 3 is 2.64 bits per heavy atom. The Morgan fingerprint density at radius 2 is 1.94 bits per heavy atom. The van der Waals surface area contributed by atoms with E-state index in [0.717, 1.165) is 25.7 Å². The fraction of sp³-hybridized carbons (Fsp3) is 0.667. The zero-order chi connectivity index (χ0) is 23.3. The average Bonchev–Trinajstić information content (AvgIpc) is 2.82. The average molecular weight is 467 g/mol. The summed E-state index contributed by atoms with van der Waals surface area (Å²) in [7, 11) is 0. The summed E-state index contributed by atoms with van der Waals surface area (Å²) in [4.78, 5) is 26.1. The maximum atomic E-state index is 12.6. The van der Waals surface area contributed by atoms with Crippen LogP contribution < -0.4 is 5.32 Å². The van der Waals surface area contributed by atoms with Crippen molar-refractivity contribution in [1.29, 1.82) is 0 Å². The third-order valence-corrected chi connectivity index (χ3v) is 7.17. The van der Waals surface area contributed by atoms with Gasteiger partial charge in [-0.2, -0.15) is 0 Å². The van der Waals surface area contributed by atoms with E-state index < -0.39 is 36.8 Å². The summed E-state index contributed by atoms with van der Waals surface area (Å²) < 4.78 is 41.4. The van der Waals surface area contributed by atoms with Crippen molar-refractivity contribution in [3.8, 4) is 0 Å². The van der Waals surface area contributed by atoms with Gasteiger partial charge in [0, 0.05) is 13.0 Å². The minimum Gasteiger partial charge on any atom is -0.449 e. The molecule has 3 fully saturated rings. The van der Waals surface area contributed by atoms with E-state index in [1.54, 1.807) is 0 Å². The molecule has 0 unspecified atom stereocenters. The fourth-order valence-corrected chi connectivity index (χ4v) is 5.45. The van der Waals surface area contributed by atoms with Crippen LogP contribution in [0.25, 0.3) is 0 Å². The van der Waals surface area contributed by atoms with Crippen LogP contribution in [0.5, 0.6) is 0 Å². The SMILES string of the molecule is O=C1N[C@]2(CCCN(C(=O)OCC(F)F)[C@H]2CO[C@H]2CC[C@@H](c3ccccc3)CC2)CCO1. The van der Waals surface area contributed by atoms with E-state index in [2.05, 4.69) is 29.6 Å². The first kappa shape index (κ1) is 23.7. The summed E-state index contributed by atoms with van der Waals surface area (Å²) in [6.45, 7) is -0.126. The molecule has 3 aliphatic rings. The summed E-state index contributed by atoms with van der Waals surface area (Å²) in [5, 5.41) is 2.91. The lowest BCUT2D eigenvalue weighted by molar-refractivity contribution is -0.0648. The standard InChI is InChI=1S/C24H32F2N2O5/c25-21(26)16-33-23(30)28-13-4-11-24(12-14-31-22(29)27-24)20(28)15-32-19-9-7-18(8-10-19)17-5-2-1-3-6-17/h1-3,5-6,18-21H,4,7-16H2,(H,27,29)/t18-,19+,20-,24+/m0/s1. The van der Waals surface area contributed by atoms with Crippen LogP contribution in [0.1, 0.15) is 56.4 Å². The molecule has 1 spiro atoms. The van der Waals surface area contributed by atoms with Gasteiger partial charge in [-0.05, 0) is 50.0 Å². The highest BCUT2D eigenvalue weighted by atomic mass is 19.3. The lowest BCUT2D eigenvalue weighted by Gasteiger charge is -2.51. The van der Waals surface area contributed by atoms with E-state index >= 15 is 0 Å². The Morgan fingerprint density at radius 1 is 1.18 bits per heavy atom. The normalized spacial score (nSPS) is 30.1. The molecule has 1 aromatic rings. The second-order valence-electron chi connectivity index (χ2n) is 9.17. The number of likely N-dealkylation sites (tertiary alicyclic amines) is 1. The summed E-state index contributed by atoms with van der Waals surface area (Å²) in [5.41, 5.74) is 0.638. The Bertz CT molecular complexity index is 799. The lowest BCUT2D eigenvalue weighted by atomic mass is 9.78. The molecule has 0 aromatic heterocycles. The highest BCUT2D eigenvalue weighted by Gasteiger charge is 2.50. The first-order valence-electron chi connectivity index (χ1n) is 11.8. The zero-order valence-electron chi connectivity index (χ0n) is 18.7. The third-order valence-electron chi connectivity index (χ3n) is 7.17. The second-order valence-corrected chi connectivity index (χ2v) is 9.17. The number of nitrogens with zero attached hydrogens (tertiary/aromatic N) is 1. The Labute approximate surface area is 192 Å². The number of nitrogens with one attached hydrogen (secondary N) is 1. The number of halogens is 2. The van der Waals surface area contributed by atoms with Crippen LogP contribution in [-0.2, 0) is 14.2 Å². The van der Waals surface area contributed by atoms with E-state index in [4.69, 9.17) is 14.2 Å².